The molecule has 0 unspecified atom stereocenters. The van der Waals surface area contributed by atoms with E-state index < -0.39 is 21.6 Å². The van der Waals surface area contributed by atoms with Crippen molar-refractivity contribution < 1.29 is 9.59 Å². The molecule has 1 aliphatic heterocycles. The molecule has 3 aromatic carbocycles. The lowest BCUT2D eigenvalue weighted by Crippen LogP contribution is -2.57. The third-order valence-electron chi connectivity index (χ3n) is 6.86. The number of carbonyl (C=O) groups is 2. The number of likely N-dealkylation sites (tertiary alicyclic amines) is 1. The van der Waals surface area contributed by atoms with Gasteiger partial charge in [0.15, 0.2) is 0 Å². The topological polar surface area (TPSA) is 37.4 Å². The third kappa shape index (κ3) is 1.98. The van der Waals surface area contributed by atoms with Gasteiger partial charge in [0, 0.05) is 0 Å². The van der Waals surface area contributed by atoms with Gasteiger partial charge in [0.2, 0.25) is 11.8 Å². The first-order chi connectivity index (χ1) is 14.5. The Balaban J connectivity index is 1.59. The molecule has 3 aromatic rings. The quantitative estimate of drug-likeness (QED) is 0.430. The Morgan fingerprint density at radius 1 is 0.633 bits per heavy atom. The molecule has 2 amide bonds. The molecule has 4 aliphatic rings. The highest BCUT2D eigenvalue weighted by molar-refractivity contribution is 6.35. The number of benzene rings is 3. The van der Waals surface area contributed by atoms with Gasteiger partial charge in [-0.15, -0.1) is 23.2 Å². The van der Waals surface area contributed by atoms with Crippen molar-refractivity contribution in [2.75, 3.05) is 0 Å². The van der Waals surface area contributed by atoms with Gasteiger partial charge in [-0.05, 0) is 27.8 Å². The fourth-order valence-electron chi connectivity index (χ4n) is 5.65. The standard InChI is InChI=1S/C25H17Cl2NO2/c26-24-16-10-4-5-11-17(16)25(27,19-13-7-6-12-18(19)24)21-20(24)22(29)28(23(21)30)14-15-8-2-1-3-9-15/h1-13,20-21H,14H2/t20-,21+,24?,25?. The van der Waals surface area contributed by atoms with Crippen LogP contribution in [0.4, 0.5) is 0 Å². The minimum Gasteiger partial charge on any atom is -0.277 e. The highest BCUT2D eigenvalue weighted by atomic mass is 35.5. The van der Waals surface area contributed by atoms with E-state index in [9.17, 15) is 9.59 Å². The van der Waals surface area contributed by atoms with Crippen molar-refractivity contribution >= 4 is 35.0 Å². The predicted octanol–water partition coefficient (Wildman–Crippen LogP) is 4.78. The second-order valence-electron chi connectivity index (χ2n) is 8.22. The maximum Gasteiger partial charge on any atom is 0.235 e. The predicted molar refractivity (Wildman–Crippen MR) is 115 cm³/mol. The lowest BCUT2D eigenvalue weighted by Gasteiger charge is -2.54. The zero-order valence-electron chi connectivity index (χ0n) is 15.9. The molecular weight excluding hydrogens is 417 g/mol. The van der Waals surface area contributed by atoms with Gasteiger partial charge in [-0.1, -0.05) is 78.9 Å². The molecule has 1 heterocycles. The number of hydrogen-bond donors (Lipinski definition) is 0. The van der Waals surface area contributed by atoms with Gasteiger partial charge < -0.3 is 0 Å². The minimum atomic E-state index is -1.12. The van der Waals surface area contributed by atoms with Crippen LogP contribution in [0, 0.1) is 11.8 Å². The van der Waals surface area contributed by atoms with Crippen LogP contribution in [-0.4, -0.2) is 16.7 Å². The summed E-state index contributed by atoms with van der Waals surface area (Å²) >= 11 is 14.8. The zero-order chi connectivity index (χ0) is 20.7. The Kier molecular flexibility index (Phi) is 3.61. The average molecular weight is 434 g/mol. The largest absolute Gasteiger partial charge is 0.277 e. The average Bonchev–Trinajstić information content (AvgIpc) is 3.04. The molecule has 5 heteroatoms. The second-order valence-corrected chi connectivity index (χ2v) is 9.41. The van der Waals surface area contributed by atoms with Crippen LogP contribution in [-0.2, 0) is 25.9 Å². The Morgan fingerprint density at radius 3 is 1.40 bits per heavy atom. The van der Waals surface area contributed by atoms with Crippen LogP contribution in [0.2, 0.25) is 0 Å². The van der Waals surface area contributed by atoms with Crippen molar-refractivity contribution in [1.82, 2.24) is 4.90 Å². The summed E-state index contributed by atoms with van der Waals surface area (Å²) < 4.78 is 0. The Labute approximate surface area is 184 Å². The van der Waals surface area contributed by atoms with Gasteiger partial charge in [0.25, 0.3) is 0 Å². The molecule has 0 saturated carbocycles. The number of imide groups is 1. The summed E-state index contributed by atoms with van der Waals surface area (Å²) in [4.78, 5) is 26.5. The Hall–Kier alpha value is -2.62. The fourth-order valence-corrected chi connectivity index (χ4v) is 6.74. The molecule has 148 valence electrons. The van der Waals surface area contributed by atoms with Gasteiger partial charge in [-0.25, -0.2) is 0 Å². The van der Waals surface area contributed by atoms with Crippen molar-refractivity contribution in [2.45, 2.75) is 16.3 Å². The molecule has 0 aromatic heterocycles. The summed E-state index contributed by atoms with van der Waals surface area (Å²) in [7, 11) is 0. The maximum absolute atomic E-state index is 13.7. The monoisotopic (exact) mass is 433 g/mol. The van der Waals surface area contributed by atoms with Gasteiger partial charge in [-0.3, -0.25) is 14.5 Å². The molecule has 0 N–H and O–H groups in total. The Bertz CT molecular complexity index is 1100. The maximum atomic E-state index is 13.7. The Morgan fingerprint density at radius 2 is 1.00 bits per heavy atom. The normalized spacial score (nSPS) is 30.8. The number of nitrogens with zero attached hydrogens (tertiary/aromatic N) is 1. The molecule has 0 radical (unpaired) electrons. The van der Waals surface area contributed by atoms with E-state index in [1.807, 2.05) is 78.9 Å². The molecule has 3 nitrogen and oxygen atoms in total. The molecule has 3 aliphatic carbocycles. The van der Waals surface area contributed by atoms with E-state index in [4.69, 9.17) is 23.2 Å². The zero-order valence-corrected chi connectivity index (χ0v) is 17.4. The number of halogens is 2. The van der Waals surface area contributed by atoms with Crippen molar-refractivity contribution in [1.29, 1.82) is 0 Å². The van der Waals surface area contributed by atoms with Crippen LogP contribution in [0.15, 0.2) is 78.9 Å². The number of hydrogen-bond acceptors (Lipinski definition) is 2. The van der Waals surface area contributed by atoms with Gasteiger partial charge in [0.1, 0.15) is 9.75 Å². The third-order valence-corrected chi connectivity index (χ3v) is 8.14. The van der Waals surface area contributed by atoms with Crippen LogP contribution in [0.3, 0.4) is 0 Å². The van der Waals surface area contributed by atoms with Crippen molar-refractivity contribution in [3.8, 4) is 0 Å². The first kappa shape index (κ1) is 18.2. The van der Waals surface area contributed by atoms with Gasteiger partial charge in [-0.2, -0.15) is 0 Å². The number of alkyl halides is 2. The first-order valence-corrected chi connectivity index (χ1v) is 10.7. The molecule has 1 saturated heterocycles. The van der Waals surface area contributed by atoms with Crippen LogP contribution < -0.4 is 0 Å². The fraction of sp³-hybridized carbons (Fsp3) is 0.200. The summed E-state index contributed by atoms with van der Waals surface area (Å²) in [6.45, 7) is 0.220. The molecule has 2 bridgehead atoms. The summed E-state index contributed by atoms with van der Waals surface area (Å²) in [6, 6.07) is 24.9. The van der Waals surface area contributed by atoms with Gasteiger partial charge >= 0.3 is 0 Å². The van der Waals surface area contributed by atoms with Crippen LogP contribution in [0.5, 0.6) is 0 Å². The van der Waals surface area contributed by atoms with Crippen molar-refractivity contribution in [3.05, 3.63) is 107 Å². The molecule has 7 rings (SSSR count). The first-order valence-electron chi connectivity index (χ1n) is 9.96. The molecule has 2 atom stereocenters. The summed E-state index contributed by atoms with van der Waals surface area (Å²) in [5.41, 5.74) is 4.19. The van der Waals surface area contributed by atoms with Crippen molar-refractivity contribution in [3.63, 3.8) is 0 Å². The van der Waals surface area contributed by atoms with E-state index >= 15 is 0 Å². The molecular formula is C25H17Cl2NO2. The SMILES string of the molecule is O=C1[C@@H]2[C@H](C(=O)N1Cc1ccccc1)C1(Cl)c3ccccc3C2(Cl)c2ccccc21. The summed E-state index contributed by atoms with van der Waals surface area (Å²) in [5, 5.41) is 0. The van der Waals surface area contributed by atoms with Crippen LogP contribution >= 0.6 is 23.2 Å². The smallest absolute Gasteiger partial charge is 0.235 e. The summed E-state index contributed by atoms with van der Waals surface area (Å²) in [6.07, 6.45) is 0. The van der Waals surface area contributed by atoms with Crippen LogP contribution in [0.1, 0.15) is 27.8 Å². The van der Waals surface area contributed by atoms with E-state index in [1.54, 1.807) is 0 Å². The highest BCUT2D eigenvalue weighted by Crippen LogP contribution is 2.69. The second kappa shape index (κ2) is 5.96. The summed E-state index contributed by atoms with van der Waals surface area (Å²) in [5.74, 6) is -1.98. The van der Waals surface area contributed by atoms with E-state index in [0.717, 1.165) is 27.8 Å². The lowest BCUT2D eigenvalue weighted by molar-refractivity contribution is -0.140. The van der Waals surface area contributed by atoms with E-state index in [2.05, 4.69) is 0 Å². The van der Waals surface area contributed by atoms with Gasteiger partial charge in [0.05, 0.1) is 18.4 Å². The minimum absolute atomic E-state index is 0.220. The molecule has 0 spiro atoms. The highest BCUT2D eigenvalue weighted by Gasteiger charge is 2.72. The number of amides is 2. The van der Waals surface area contributed by atoms with E-state index in [-0.39, 0.29) is 18.4 Å². The molecule has 30 heavy (non-hydrogen) atoms. The number of rotatable bonds is 2. The van der Waals surface area contributed by atoms with E-state index in [1.165, 1.54) is 4.90 Å². The molecule has 1 fully saturated rings. The lowest BCUT2D eigenvalue weighted by atomic mass is 9.54. The van der Waals surface area contributed by atoms with E-state index in [0.29, 0.717) is 0 Å². The van der Waals surface area contributed by atoms with Crippen molar-refractivity contribution in [2.24, 2.45) is 11.8 Å². The van der Waals surface area contributed by atoms with Crippen LogP contribution in [0.25, 0.3) is 0 Å². The number of carbonyl (C=O) groups excluding carboxylic acids is 2.